The van der Waals surface area contributed by atoms with E-state index in [2.05, 4.69) is 17.1 Å². The molecule has 0 fully saturated rings. The fourth-order valence-electron chi connectivity index (χ4n) is 3.70. The summed E-state index contributed by atoms with van der Waals surface area (Å²) in [5.74, 6) is 0.530. The number of furan rings is 1. The molecule has 0 aliphatic heterocycles. The van der Waals surface area contributed by atoms with Crippen LogP contribution in [0.1, 0.15) is 32.8 Å². The lowest BCUT2D eigenvalue weighted by molar-refractivity contribution is -0.384. The number of allylic oxidation sites excluding steroid dienone is 1. The molecule has 1 aromatic heterocycles. The number of fused-ring (bicyclic) bond motifs is 1. The summed E-state index contributed by atoms with van der Waals surface area (Å²) in [5, 5.41) is 15.4. The topological polar surface area (TPSA) is 116 Å². The lowest BCUT2D eigenvalue weighted by Gasteiger charge is -2.16. The van der Waals surface area contributed by atoms with E-state index in [0.29, 0.717) is 41.1 Å². The van der Waals surface area contributed by atoms with Crippen molar-refractivity contribution in [2.75, 3.05) is 7.11 Å². The summed E-state index contributed by atoms with van der Waals surface area (Å²) in [6.45, 7) is 6.24. The highest BCUT2D eigenvalue weighted by molar-refractivity contribution is 5.97. The van der Waals surface area contributed by atoms with Gasteiger partial charge in [0.2, 0.25) is 0 Å². The molecule has 4 aromatic rings. The zero-order valence-corrected chi connectivity index (χ0v) is 20.4. The fourth-order valence-corrected chi connectivity index (χ4v) is 3.70. The number of nitro benzene ring substituents is 1. The molecule has 0 spiro atoms. The number of aryl methyl sites for hydroxylation is 1. The van der Waals surface area contributed by atoms with E-state index >= 15 is 0 Å². The second-order valence-electron chi connectivity index (χ2n) is 8.27. The highest BCUT2D eigenvalue weighted by Gasteiger charge is 2.15. The number of amides is 1. The van der Waals surface area contributed by atoms with Crippen LogP contribution >= 0.6 is 0 Å². The zero-order chi connectivity index (χ0) is 26.4. The largest absolute Gasteiger partial charge is 0.493 e. The Bertz CT molecular complexity index is 1490. The Hall–Kier alpha value is -4.92. The molecular formula is C28H25N3O6. The molecule has 0 unspecified atom stereocenters. The number of nitrogens with zero attached hydrogens (tertiary/aromatic N) is 2. The standard InChI is InChI=1S/C28H25N3O6/c1-4-5-21-12-20(13-25(35-3)27(21)36-17-19-8-6-18(2)7-9-19)16-29-30-28(32)26-15-22-14-23(31(33)34)10-11-24(22)37-26/h4,6-16H,1,5,17H2,2-3H3,(H,30,32)/b29-16+. The molecule has 1 N–H and O–H groups in total. The Morgan fingerprint density at radius 2 is 1.95 bits per heavy atom. The van der Waals surface area contributed by atoms with Gasteiger partial charge in [0.25, 0.3) is 5.69 Å². The minimum Gasteiger partial charge on any atom is -0.493 e. The minimum atomic E-state index is -0.591. The third-order valence-corrected chi connectivity index (χ3v) is 5.56. The summed E-state index contributed by atoms with van der Waals surface area (Å²) < 4.78 is 17.2. The van der Waals surface area contributed by atoms with Gasteiger partial charge >= 0.3 is 5.91 Å². The number of non-ortho nitro benzene ring substituents is 1. The van der Waals surface area contributed by atoms with Crippen molar-refractivity contribution in [3.8, 4) is 11.5 Å². The van der Waals surface area contributed by atoms with Gasteiger partial charge in [-0.2, -0.15) is 5.10 Å². The maximum absolute atomic E-state index is 12.5. The number of hydrogen-bond acceptors (Lipinski definition) is 7. The van der Waals surface area contributed by atoms with E-state index in [1.165, 1.54) is 36.0 Å². The van der Waals surface area contributed by atoms with Crippen molar-refractivity contribution in [2.24, 2.45) is 5.10 Å². The van der Waals surface area contributed by atoms with Crippen molar-refractivity contribution in [1.82, 2.24) is 5.43 Å². The maximum atomic E-state index is 12.5. The molecule has 1 heterocycles. The summed E-state index contributed by atoms with van der Waals surface area (Å²) in [5.41, 5.74) is 6.42. The van der Waals surface area contributed by atoms with Crippen molar-refractivity contribution in [2.45, 2.75) is 20.0 Å². The number of nitro groups is 1. The Kier molecular flexibility index (Phi) is 7.63. The van der Waals surface area contributed by atoms with Crippen LogP contribution in [0.2, 0.25) is 0 Å². The van der Waals surface area contributed by atoms with Crippen molar-refractivity contribution in [3.63, 3.8) is 0 Å². The van der Waals surface area contributed by atoms with E-state index in [9.17, 15) is 14.9 Å². The van der Waals surface area contributed by atoms with Crippen LogP contribution in [-0.2, 0) is 13.0 Å². The molecule has 0 bridgehead atoms. The van der Waals surface area contributed by atoms with Gasteiger partial charge in [-0.1, -0.05) is 35.9 Å². The van der Waals surface area contributed by atoms with Crippen LogP contribution in [0.15, 0.2) is 82.8 Å². The quantitative estimate of drug-likeness (QED) is 0.129. The second kappa shape index (κ2) is 11.2. The molecule has 4 rings (SSSR count). The highest BCUT2D eigenvalue weighted by Crippen LogP contribution is 2.34. The number of ether oxygens (including phenoxy) is 2. The first-order valence-corrected chi connectivity index (χ1v) is 11.4. The molecule has 9 nitrogen and oxygen atoms in total. The van der Waals surface area contributed by atoms with E-state index in [1.807, 2.05) is 37.3 Å². The number of rotatable bonds is 10. The number of carbonyl (C=O) groups is 1. The second-order valence-corrected chi connectivity index (χ2v) is 8.27. The predicted octanol–water partition coefficient (Wildman–Crippen LogP) is 5.73. The summed E-state index contributed by atoms with van der Waals surface area (Å²) >= 11 is 0. The van der Waals surface area contributed by atoms with Gasteiger partial charge in [0.05, 0.1) is 18.2 Å². The number of nitrogens with one attached hydrogen (secondary N) is 1. The van der Waals surface area contributed by atoms with Gasteiger partial charge in [-0.25, -0.2) is 5.43 Å². The third-order valence-electron chi connectivity index (χ3n) is 5.56. The third kappa shape index (κ3) is 6.02. The summed E-state index contributed by atoms with van der Waals surface area (Å²) in [7, 11) is 1.56. The number of hydrogen-bond donors (Lipinski definition) is 1. The Morgan fingerprint density at radius 3 is 2.65 bits per heavy atom. The smallest absolute Gasteiger partial charge is 0.307 e. The van der Waals surface area contributed by atoms with Gasteiger partial charge in [-0.05, 0) is 48.7 Å². The molecule has 9 heteroatoms. The number of benzene rings is 3. The number of hydrazone groups is 1. The van der Waals surface area contributed by atoms with E-state index in [1.54, 1.807) is 19.3 Å². The molecule has 0 aliphatic carbocycles. The molecular weight excluding hydrogens is 474 g/mol. The van der Waals surface area contributed by atoms with Crippen molar-refractivity contribution < 1.29 is 23.6 Å². The van der Waals surface area contributed by atoms with Crippen LogP contribution < -0.4 is 14.9 Å². The van der Waals surface area contributed by atoms with Crippen molar-refractivity contribution in [1.29, 1.82) is 0 Å². The van der Waals surface area contributed by atoms with E-state index in [4.69, 9.17) is 13.9 Å². The lowest BCUT2D eigenvalue weighted by atomic mass is 10.1. The lowest BCUT2D eigenvalue weighted by Crippen LogP contribution is -2.16. The molecule has 0 aliphatic rings. The van der Waals surface area contributed by atoms with Crippen LogP contribution in [-0.4, -0.2) is 24.2 Å². The van der Waals surface area contributed by atoms with Crippen LogP contribution in [0.25, 0.3) is 11.0 Å². The fraction of sp³-hybridized carbons (Fsp3) is 0.143. The maximum Gasteiger partial charge on any atom is 0.307 e. The van der Waals surface area contributed by atoms with Crippen LogP contribution in [0.4, 0.5) is 5.69 Å². The summed E-state index contributed by atoms with van der Waals surface area (Å²) in [6, 6.07) is 17.3. The first kappa shape index (κ1) is 25.2. The van der Waals surface area contributed by atoms with Crippen molar-refractivity contribution >= 4 is 28.8 Å². The molecule has 188 valence electrons. The van der Waals surface area contributed by atoms with Crippen LogP contribution in [0.5, 0.6) is 11.5 Å². The van der Waals surface area contributed by atoms with Crippen LogP contribution in [0, 0.1) is 17.0 Å². The van der Waals surface area contributed by atoms with Gasteiger partial charge in [0.1, 0.15) is 12.2 Å². The Labute approximate surface area is 213 Å². The highest BCUT2D eigenvalue weighted by atomic mass is 16.6. The average Bonchev–Trinajstić information content (AvgIpc) is 3.32. The van der Waals surface area contributed by atoms with E-state index in [0.717, 1.165) is 11.1 Å². The SMILES string of the molecule is C=CCc1cc(/C=N/NC(=O)c2cc3cc([N+](=O)[O-])ccc3o2)cc(OC)c1OCc1ccc(C)cc1. The first-order valence-electron chi connectivity index (χ1n) is 11.4. The Balaban J connectivity index is 1.49. The molecule has 37 heavy (non-hydrogen) atoms. The zero-order valence-electron chi connectivity index (χ0n) is 20.4. The van der Waals surface area contributed by atoms with Gasteiger partial charge in [0.15, 0.2) is 17.3 Å². The van der Waals surface area contributed by atoms with Crippen molar-refractivity contribution in [3.05, 3.63) is 111 Å². The van der Waals surface area contributed by atoms with Gasteiger partial charge in [0, 0.05) is 23.1 Å². The van der Waals surface area contributed by atoms with E-state index < -0.39 is 10.8 Å². The first-order chi connectivity index (χ1) is 17.9. The summed E-state index contributed by atoms with van der Waals surface area (Å²) in [6.07, 6.45) is 3.78. The number of methoxy groups -OCH3 is 1. The molecule has 0 atom stereocenters. The predicted molar refractivity (Wildman–Crippen MR) is 140 cm³/mol. The normalized spacial score (nSPS) is 11.0. The molecule has 0 saturated heterocycles. The van der Waals surface area contributed by atoms with Gasteiger partial charge < -0.3 is 13.9 Å². The van der Waals surface area contributed by atoms with Gasteiger partial charge in [-0.15, -0.1) is 6.58 Å². The number of carbonyl (C=O) groups excluding carboxylic acids is 1. The minimum absolute atomic E-state index is 0.0163. The summed E-state index contributed by atoms with van der Waals surface area (Å²) in [4.78, 5) is 23.0. The molecule has 3 aromatic carbocycles. The monoisotopic (exact) mass is 499 g/mol. The molecule has 0 saturated carbocycles. The van der Waals surface area contributed by atoms with E-state index in [-0.39, 0.29) is 11.4 Å². The van der Waals surface area contributed by atoms with Gasteiger partial charge in [-0.3, -0.25) is 14.9 Å². The Morgan fingerprint density at radius 1 is 1.16 bits per heavy atom. The molecule has 0 radical (unpaired) electrons. The molecule has 1 amide bonds. The van der Waals surface area contributed by atoms with Crippen LogP contribution in [0.3, 0.4) is 0 Å². The average molecular weight is 500 g/mol.